The Morgan fingerprint density at radius 2 is 1.96 bits per heavy atom. The Labute approximate surface area is 148 Å². The third-order valence-electron chi connectivity index (χ3n) is 4.12. The van der Waals surface area contributed by atoms with Crippen LogP contribution in [-0.4, -0.2) is 39.0 Å². The third kappa shape index (κ3) is 5.62. The molecule has 0 aromatic carbocycles. The van der Waals surface area contributed by atoms with Gasteiger partial charge in [0.15, 0.2) is 0 Å². The van der Waals surface area contributed by atoms with Crippen LogP contribution in [0.3, 0.4) is 0 Å². The summed E-state index contributed by atoms with van der Waals surface area (Å²) in [5.74, 6) is -0.949. The van der Waals surface area contributed by atoms with E-state index >= 15 is 0 Å². The van der Waals surface area contributed by atoms with Crippen molar-refractivity contribution in [3.63, 3.8) is 0 Å². The molecule has 0 saturated carbocycles. The average molecular weight is 342 g/mol. The van der Waals surface area contributed by atoms with Crippen LogP contribution in [0.2, 0.25) is 0 Å². The van der Waals surface area contributed by atoms with Crippen molar-refractivity contribution in [2.75, 3.05) is 13.1 Å². The standard InChI is InChI=1S/C19H26N4O2/c1-14-10-15(2)17(22-11-14)12-23(9-4-3-7-20)13-18-16(19(24)25)6-5-8-21-18/h5-6,8,10-11H,3-4,7,9,12-13,20H2,1-2H3,(H,24,25). The van der Waals surface area contributed by atoms with Crippen LogP contribution < -0.4 is 5.73 Å². The fraction of sp³-hybridized carbons (Fsp3) is 0.421. The van der Waals surface area contributed by atoms with Crippen LogP contribution in [0.4, 0.5) is 0 Å². The number of carbonyl (C=O) groups is 1. The van der Waals surface area contributed by atoms with Gasteiger partial charge in [-0.15, -0.1) is 0 Å². The van der Waals surface area contributed by atoms with Crippen LogP contribution in [0.25, 0.3) is 0 Å². The van der Waals surface area contributed by atoms with Crippen molar-refractivity contribution in [3.8, 4) is 0 Å². The van der Waals surface area contributed by atoms with Crippen molar-refractivity contribution in [2.45, 2.75) is 39.8 Å². The van der Waals surface area contributed by atoms with Crippen LogP contribution >= 0.6 is 0 Å². The molecule has 25 heavy (non-hydrogen) atoms. The molecule has 0 spiro atoms. The second kappa shape index (κ2) is 9.25. The summed E-state index contributed by atoms with van der Waals surface area (Å²) in [7, 11) is 0. The normalized spacial score (nSPS) is 11.0. The van der Waals surface area contributed by atoms with Crippen LogP contribution in [0.5, 0.6) is 0 Å². The van der Waals surface area contributed by atoms with E-state index in [0.717, 1.165) is 36.2 Å². The molecule has 6 nitrogen and oxygen atoms in total. The number of unbranched alkanes of at least 4 members (excludes halogenated alkanes) is 1. The first-order chi connectivity index (χ1) is 12.0. The van der Waals surface area contributed by atoms with E-state index in [0.29, 0.717) is 25.3 Å². The number of nitrogens with zero attached hydrogens (tertiary/aromatic N) is 3. The molecule has 0 amide bonds. The van der Waals surface area contributed by atoms with Gasteiger partial charge in [-0.3, -0.25) is 14.9 Å². The molecule has 0 fully saturated rings. The zero-order chi connectivity index (χ0) is 18.2. The first kappa shape index (κ1) is 19.0. The van der Waals surface area contributed by atoms with Crippen LogP contribution in [0.15, 0.2) is 30.6 Å². The van der Waals surface area contributed by atoms with Gasteiger partial charge in [0.1, 0.15) is 0 Å². The van der Waals surface area contributed by atoms with E-state index in [1.54, 1.807) is 18.3 Å². The smallest absolute Gasteiger partial charge is 0.337 e. The molecule has 6 heteroatoms. The summed E-state index contributed by atoms with van der Waals surface area (Å²) in [4.78, 5) is 22.4. The molecular weight excluding hydrogens is 316 g/mol. The molecule has 0 saturated heterocycles. The maximum absolute atomic E-state index is 11.4. The highest BCUT2D eigenvalue weighted by atomic mass is 16.4. The maximum Gasteiger partial charge on any atom is 0.337 e. The molecule has 134 valence electrons. The number of carboxylic acids is 1. The first-order valence-electron chi connectivity index (χ1n) is 8.53. The van der Waals surface area contributed by atoms with Gasteiger partial charge in [0.2, 0.25) is 0 Å². The number of aromatic nitrogens is 2. The van der Waals surface area contributed by atoms with Gasteiger partial charge in [-0.1, -0.05) is 6.07 Å². The predicted molar refractivity (Wildman–Crippen MR) is 97.3 cm³/mol. The Kier molecular flexibility index (Phi) is 7.03. The summed E-state index contributed by atoms with van der Waals surface area (Å²) >= 11 is 0. The molecule has 0 aliphatic carbocycles. The molecule has 2 aromatic heterocycles. The highest BCUT2D eigenvalue weighted by molar-refractivity contribution is 5.88. The van der Waals surface area contributed by atoms with E-state index in [4.69, 9.17) is 5.73 Å². The number of aryl methyl sites for hydroxylation is 2. The number of rotatable bonds is 9. The fourth-order valence-corrected chi connectivity index (χ4v) is 2.79. The van der Waals surface area contributed by atoms with Gasteiger partial charge < -0.3 is 10.8 Å². The number of hydrogen-bond acceptors (Lipinski definition) is 5. The lowest BCUT2D eigenvalue weighted by Gasteiger charge is -2.23. The summed E-state index contributed by atoms with van der Waals surface area (Å²) in [6, 6.07) is 5.36. The Hall–Kier alpha value is -2.31. The third-order valence-corrected chi connectivity index (χ3v) is 4.12. The highest BCUT2D eigenvalue weighted by Crippen LogP contribution is 2.15. The van der Waals surface area contributed by atoms with Gasteiger partial charge in [-0.05, 0) is 63.0 Å². The summed E-state index contributed by atoms with van der Waals surface area (Å²) in [6.07, 6.45) is 5.39. The molecule has 2 heterocycles. The van der Waals surface area contributed by atoms with E-state index in [-0.39, 0.29) is 5.56 Å². The topological polar surface area (TPSA) is 92.3 Å². The molecule has 3 N–H and O–H groups in total. The van der Waals surface area contributed by atoms with Gasteiger partial charge in [0.05, 0.1) is 17.0 Å². The lowest BCUT2D eigenvalue weighted by Crippen LogP contribution is -2.27. The van der Waals surface area contributed by atoms with Gasteiger partial charge in [0, 0.05) is 25.5 Å². The molecule has 0 bridgehead atoms. The quantitative estimate of drug-likeness (QED) is 0.680. The van der Waals surface area contributed by atoms with E-state index < -0.39 is 5.97 Å². The number of hydrogen-bond donors (Lipinski definition) is 2. The van der Waals surface area contributed by atoms with E-state index in [1.165, 1.54) is 0 Å². The summed E-state index contributed by atoms with van der Waals surface area (Å²) in [5, 5.41) is 9.37. The minimum Gasteiger partial charge on any atom is -0.478 e. The van der Waals surface area contributed by atoms with Crippen LogP contribution in [-0.2, 0) is 13.1 Å². The largest absolute Gasteiger partial charge is 0.478 e. The summed E-state index contributed by atoms with van der Waals surface area (Å²) in [6.45, 7) is 6.68. The Bertz CT molecular complexity index is 718. The molecule has 0 radical (unpaired) electrons. The minimum absolute atomic E-state index is 0.250. The Morgan fingerprint density at radius 3 is 2.64 bits per heavy atom. The van der Waals surface area contributed by atoms with Gasteiger partial charge in [-0.2, -0.15) is 0 Å². The molecule has 0 atom stereocenters. The van der Waals surface area contributed by atoms with Crippen molar-refractivity contribution in [1.29, 1.82) is 0 Å². The monoisotopic (exact) mass is 342 g/mol. The van der Waals surface area contributed by atoms with E-state index in [1.807, 2.05) is 13.1 Å². The van der Waals surface area contributed by atoms with Crippen LogP contribution in [0, 0.1) is 13.8 Å². The number of aromatic carboxylic acids is 1. The predicted octanol–water partition coefficient (Wildman–Crippen LogP) is 2.53. The number of pyridine rings is 2. The van der Waals surface area contributed by atoms with Crippen molar-refractivity contribution in [1.82, 2.24) is 14.9 Å². The van der Waals surface area contributed by atoms with Crippen molar-refractivity contribution in [2.24, 2.45) is 5.73 Å². The van der Waals surface area contributed by atoms with Crippen molar-refractivity contribution in [3.05, 3.63) is 58.7 Å². The fourth-order valence-electron chi connectivity index (χ4n) is 2.79. The lowest BCUT2D eigenvalue weighted by molar-refractivity contribution is 0.0693. The maximum atomic E-state index is 11.4. The van der Waals surface area contributed by atoms with E-state index in [9.17, 15) is 9.90 Å². The Balaban J connectivity index is 2.19. The zero-order valence-corrected chi connectivity index (χ0v) is 14.9. The van der Waals surface area contributed by atoms with Gasteiger partial charge >= 0.3 is 5.97 Å². The van der Waals surface area contributed by atoms with Crippen molar-refractivity contribution >= 4 is 5.97 Å². The first-order valence-corrected chi connectivity index (χ1v) is 8.53. The SMILES string of the molecule is Cc1cnc(CN(CCCCN)Cc2ncccc2C(=O)O)c(C)c1. The summed E-state index contributed by atoms with van der Waals surface area (Å²) < 4.78 is 0. The molecular formula is C19H26N4O2. The zero-order valence-electron chi connectivity index (χ0n) is 14.9. The van der Waals surface area contributed by atoms with Crippen LogP contribution in [0.1, 0.15) is 45.7 Å². The second-order valence-corrected chi connectivity index (χ2v) is 6.29. The molecule has 2 rings (SSSR count). The Morgan fingerprint density at radius 1 is 1.20 bits per heavy atom. The molecule has 0 aliphatic rings. The molecule has 2 aromatic rings. The molecule has 0 aliphatic heterocycles. The van der Waals surface area contributed by atoms with Crippen molar-refractivity contribution < 1.29 is 9.90 Å². The van der Waals surface area contributed by atoms with E-state index in [2.05, 4.69) is 27.9 Å². The van der Waals surface area contributed by atoms with Gasteiger partial charge in [-0.25, -0.2) is 4.79 Å². The number of carboxylic acid groups (broad SMARTS) is 1. The minimum atomic E-state index is -0.949. The number of nitrogens with two attached hydrogens (primary N) is 1. The lowest BCUT2D eigenvalue weighted by atomic mass is 10.1. The highest BCUT2D eigenvalue weighted by Gasteiger charge is 2.16. The average Bonchev–Trinajstić information content (AvgIpc) is 2.57. The second-order valence-electron chi connectivity index (χ2n) is 6.29. The van der Waals surface area contributed by atoms with Gasteiger partial charge in [0.25, 0.3) is 0 Å². The summed E-state index contributed by atoms with van der Waals surface area (Å²) in [5.41, 5.74) is 9.71. The molecule has 0 unspecified atom stereocenters.